The largest absolute Gasteiger partial charge is 0.264 e. The molecular formula is C20H15FN4. The van der Waals surface area contributed by atoms with E-state index in [1.165, 1.54) is 17.7 Å². The van der Waals surface area contributed by atoms with E-state index in [1.807, 2.05) is 43.3 Å². The van der Waals surface area contributed by atoms with E-state index in [9.17, 15) is 4.39 Å². The highest BCUT2D eigenvalue weighted by atomic mass is 19.1. The van der Waals surface area contributed by atoms with E-state index in [1.54, 1.807) is 18.5 Å². The third-order valence-electron chi connectivity index (χ3n) is 3.98. The number of aliphatic imine (C=N–C) groups is 1. The summed E-state index contributed by atoms with van der Waals surface area (Å²) in [7, 11) is 0. The smallest absolute Gasteiger partial charge is 0.154 e. The summed E-state index contributed by atoms with van der Waals surface area (Å²) in [5.41, 5.74) is 7.78. The lowest BCUT2D eigenvalue weighted by Gasteiger charge is -2.07. The molecule has 0 unspecified atom stereocenters. The standard InChI is InChI=1S/C20H15FN4/c1-13-4-6-14(7-5-13)20-23-18-9-8-16(21)11-17(18)19(24-25-20)15-3-2-10-22-12-15/h2-12H,1H3,(H,23,25). The molecule has 25 heavy (non-hydrogen) atoms. The third-order valence-corrected chi connectivity index (χ3v) is 3.98. The normalized spacial score (nSPS) is 13.2. The van der Waals surface area contributed by atoms with Crippen molar-refractivity contribution < 1.29 is 4.39 Å². The van der Waals surface area contributed by atoms with E-state index in [0.717, 1.165) is 11.1 Å². The van der Waals surface area contributed by atoms with Gasteiger partial charge in [0.2, 0.25) is 0 Å². The summed E-state index contributed by atoms with van der Waals surface area (Å²) >= 11 is 0. The molecule has 1 aliphatic rings. The number of hydrogen-bond donors (Lipinski definition) is 1. The molecule has 2 aromatic carbocycles. The van der Waals surface area contributed by atoms with E-state index in [-0.39, 0.29) is 5.82 Å². The molecule has 0 aliphatic carbocycles. The summed E-state index contributed by atoms with van der Waals surface area (Å²) in [5, 5.41) is 4.49. The summed E-state index contributed by atoms with van der Waals surface area (Å²) in [6, 6.07) is 16.2. The van der Waals surface area contributed by atoms with Crippen LogP contribution in [0.4, 0.5) is 10.1 Å². The number of nitrogens with one attached hydrogen (secondary N) is 1. The first-order chi connectivity index (χ1) is 12.2. The second-order valence-electron chi connectivity index (χ2n) is 5.80. The van der Waals surface area contributed by atoms with Gasteiger partial charge in [0, 0.05) is 29.1 Å². The minimum absolute atomic E-state index is 0.329. The Morgan fingerprint density at radius 3 is 2.56 bits per heavy atom. The molecule has 0 saturated heterocycles. The summed E-state index contributed by atoms with van der Waals surface area (Å²) in [6.07, 6.45) is 3.39. The van der Waals surface area contributed by atoms with Gasteiger partial charge in [0.15, 0.2) is 5.84 Å². The number of benzene rings is 2. The van der Waals surface area contributed by atoms with Gasteiger partial charge in [-0.3, -0.25) is 10.4 Å². The predicted octanol–water partition coefficient (Wildman–Crippen LogP) is 3.96. The lowest BCUT2D eigenvalue weighted by atomic mass is 10.0. The fourth-order valence-electron chi connectivity index (χ4n) is 2.67. The van der Waals surface area contributed by atoms with Gasteiger partial charge in [0.05, 0.1) is 5.69 Å². The van der Waals surface area contributed by atoms with Gasteiger partial charge in [-0.15, -0.1) is 0 Å². The summed E-state index contributed by atoms with van der Waals surface area (Å²) in [4.78, 5) is 8.79. The Balaban J connectivity index is 1.87. The Morgan fingerprint density at radius 2 is 1.80 bits per heavy atom. The van der Waals surface area contributed by atoms with E-state index in [2.05, 4.69) is 20.5 Å². The van der Waals surface area contributed by atoms with Crippen molar-refractivity contribution in [2.24, 2.45) is 10.1 Å². The molecule has 4 nitrogen and oxygen atoms in total. The zero-order chi connectivity index (χ0) is 17.2. The number of fused-ring (bicyclic) bond motifs is 1. The average Bonchev–Trinajstić information content (AvgIpc) is 2.82. The Bertz CT molecular complexity index is 976. The molecule has 4 rings (SSSR count). The van der Waals surface area contributed by atoms with Gasteiger partial charge in [-0.2, -0.15) is 5.10 Å². The molecule has 1 aromatic heterocycles. The number of amidine groups is 1. The zero-order valence-electron chi connectivity index (χ0n) is 13.6. The Kier molecular flexibility index (Phi) is 3.82. The van der Waals surface area contributed by atoms with E-state index in [0.29, 0.717) is 22.8 Å². The van der Waals surface area contributed by atoms with Crippen LogP contribution in [0.25, 0.3) is 0 Å². The van der Waals surface area contributed by atoms with Crippen molar-refractivity contribution in [1.29, 1.82) is 0 Å². The molecule has 1 aliphatic heterocycles. The highest BCUT2D eigenvalue weighted by Gasteiger charge is 2.18. The van der Waals surface area contributed by atoms with Crippen LogP contribution in [0.5, 0.6) is 0 Å². The van der Waals surface area contributed by atoms with Crippen molar-refractivity contribution >= 4 is 17.2 Å². The Labute approximate surface area is 144 Å². The van der Waals surface area contributed by atoms with Crippen LogP contribution in [0, 0.1) is 12.7 Å². The van der Waals surface area contributed by atoms with Crippen LogP contribution in [0.3, 0.4) is 0 Å². The first-order valence-corrected chi connectivity index (χ1v) is 7.90. The SMILES string of the molecule is Cc1ccc(C2=Nc3ccc(F)cc3C(c3cccnc3)=NN2)cc1. The maximum atomic E-state index is 13.8. The van der Waals surface area contributed by atoms with Gasteiger partial charge in [0.1, 0.15) is 11.5 Å². The van der Waals surface area contributed by atoms with Crippen LogP contribution >= 0.6 is 0 Å². The lowest BCUT2D eigenvalue weighted by molar-refractivity contribution is 0.627. The van der Waals surface area contributed by atoms with Crippen LogP contribution in [-0.4, -0.2) is 16.5 Å². The van der Waals surface area contributed by atoms with E-state index in [4.69, 9.17) is 0 Å². The lowest BCUT2D eigenvalue weighted by Crippen LogP contribution is -2.19. The number of hydrazone groups is 1. The zero-order valence-corrected chi connectivity index (χ0v) is 13.6. The quantitative estimate of drug-likeness (QED) is 0.773. The molecule has 0 radical (unpaired) electrons. The van der Waals surface area contributed by atoms with Gasteiger partial charge >= 0.3 is 0 Å². The average molecular weight is 330 g/mol. The van der Waals surface area contributed by atoms with Crippen LogP contribution in [0.15, 0.2) is 77.1 Å². The van der Waals surface area contributed by atoms with Gasteiger partial charge in [-0.1, -0.05) is 29.8 Å². The number of pyridine rings is 1. The van der Waals surface area contributed by atoms with Crippen LogP contribution in [-0.2, 0) is 0 Å². The minimum Gasteiger partial charge on any atom is -0.264 e. The molecule has 5 heteroatoms. The number of halogens is 1. The van der Waals surface area contributed by atoms with Gasteiger partial charge in [-0.25, -0.2) is 9.38 Å². The van der Waals surface area contributed by atoms with Crippen molar-refractivity contribution in [3.63, 3.8) is 0 Å². The second-order valence-corrected chi connectivity index (χ2v) is 5.80. The monoisotopic (exact) mass is 330 g/mol. The maximum Gasteiger partial charge on any atom is 0.154 e. The van der Waals surface area contributed by atoms with Gasteiger partial charge in [-0.05, 0) is 37.3 Å². The molecular weight excluding hydrogens is 315 g/mol. The summed E-state index contributed by atoms with van der Waals surface area (Å²) in [6.45, 7) is 2.03. The van der Waals surface area contributed by atoms with Crippen molar-refractivity contribution in [3.8, 4) is 0 Å². The second kappa shape index (κ2) is 6.28. The van der Waals surface area contributed by atoms with Crippen molar-refractivity contribution in [2.45, 2.75) is 6.92 Å². The fourth-order valence-corrected chi connectivity index (χ4v) is 2.67. The molecule has 0 amide bonds. The van der Waals surface area contributed by atoms with Crippen molar-refractivity contribution in [2.75, 3.05) is 0 Å². The first kappa shape index (κ1) is 15.2. The van der Waals surface area contributed by atoms with E-state index < -0.39 is 0 Å². The predicted molar refractivity (Wildman–Crippen MR) is 96.8 cm³/mol. The number of nitrogens with zero attached hydrogens (tertiary/aromatic N) is 3. The van der Waals surface area contributed by atoms with Gasteiger partial charge in [0.25, 0.3) is 0 Å². The van der Waals surface area contributed by atoms with Gasteiger partial charge < -0.3 is 0 Å². The molecule has 2 heterocycles. The third kappa shape index (κ3) is 3.04. The number of rotatable bonds is 2. The first-order valence-electron chi connectivity index (χ1n) is 7.90. The Hall–Kier alpha value is -3.34. The highest BCUT2D eigenvalue weighted by Crippen LogP contribution is 2.26. The fraction of sp³-hybridized carbons (Fsp3) is 0.0500. The summed E-state index contributed by atoms with van der Waals surface area (Å²) < 4.78 is 13.8. The molecule has 122 valence electrons. The molecule has 1 N–H and O–H groups in total. The maximum absolute atomic E-state index is 13.8. The van der Waals surface area contributed by atoms with Crippen molar-refractivity contribution in [1.82, 2.24) is 10.4 Å². The summed E-state index contributed by atoms with van der Waals surface area (Å²) in [5.74, 6) is 0.288. The molecule has 0 fully saturated rings. The highest BCUT2D eigenvalue weighted by molar-refractivity contribution is 6.17. The topological polar surface area (TPSA) is 49.6 Å². The molecule has 0 bridgehead atoms. The van der Waals surface area contributed by atoms with Crippen LogP contribution in [0.1, 0.15) is 22.3 Å². The molecule has 0 spiro atoms. The van der Waals surface area contributed by atoms with Crippen molar-refractivity contribution in [3.05, 3.63) is 95.1 Å². The number of hydrogen-bond acceptors (Lipinski definition) is 4. The van der Waals surface area contributed by atoms with Crippen LogP contribution in [0.2, 0.25) is 0 Å². The van der Waals surface area contributed by atoms with E-state index >= 15 is 0 Å². The minimum atomic E-state index is -0.329. The molecule has 0 saturated carbocycles. The Morgan fingerprint density at radius 1 is 0.960 bits per heavy atom. The number of aromatic nitrogens is 1. The molecule has 3 aromatic rings. The van der Waals surface area contributed by atoms with Crippen LogP contribution < -0.4 is 5.43 Å². The molecule has 0 atom stereocenters. The number of aryl methyl sites for hydroxylation is 1.